The van der Waals surface area contributed by atoms with E-state index in [4.69, 9.17) is 0 Å². The molecule has 0 radical (unpaired) electrons. The lowest BCUT2D eigenvalue weighted by Crippen LogP contribution is -2.13. The minimum absolute atomic E-state index is 0.118. The van der Waals surface area contributed by atoms with E-state index >= 15 is 0 Å². The summed E-state index contributed by atoms with van der Waals surface area (Å²) in [4.78, 5) is 12.3. The molecule has 0 unspecified atom stereocenters. The summed E-state index contributed by atoms with van der Waals surface area (Å²) in [5.74, 6) is -0.118. The summed E-state index contributed by atoms with van der Waals surface area (Å²) in [7, 11) is 0. The van der Waals surface area contributed by atoms with Gasteiger partial charge in [-0.3, -0.25) is 4.79 Å². The third-order valence-electron chi connectivity index (χ3n) is 2.35. The largest absolute Gasteiger partial charge is 0.321 e. The molecule has 2 nitrogen and oxygen atoms in total. The molecule has 0 bridgehead atoms. The Bertz CT molecular complexity index is 647. The molecule has 0 aliphatic heterocycles. The smallest absolute Gasteiger partial charge is 0.256 e. The monoisotopic (exact) mass is 605 g/mol. The molecule has 98 valence electrons. The van der Waals surface area contributed by atoms with Gasteiger partial charge in [0.1, 0.15) is 0 Å². The molecule has 19 heavy (non-hydrogen) atoms. The second-order valence-electron chi connectivity index (χ2n) is 3.70. The van der Waals surface area contributed by atoms with Gasteiger partial charge in [-0.25, -0.2) is 0 Å². The number of carbonyl (C=O) groups excluding carboxylic acids is 1. The first-order chi connectivity index (χ1) is 8.97. The normalized spacial score (nSPS) is 10.3. The topological polar surface area (TPSA) is 29.1 Å². The van der Waals surface area contributed by atoms with E-state index in [2.05, 4.69) is 82.4 Å². The van der Waals surface area contributed by atoms with Crippen LogP contribution in [-0.4, -0.2) is 5.91 Å². The number of amides is 1. The number of carbonyl (C=O) groups is 1. The third-order valence-corrected chi connectivity index (χ3v) is 5.11. The standard InChI is InChI=1S/C13H7Br2I2NO/c14-7-1-3-11(17)9(5-7)13(19)18-12-4-2-8(16)6-10(12)15/h1-6H,(H,18,19). The van der Waals surface area contributed by atoms with E-state index in [1.165, 1.54) is 0 Å². The van der Waals surface area contributed by atoms with E-state index in [0.717, 1.165) is 21.8 Å². The van der Waals surface area contributed by atoms with Crippen LogP contribution in [0.5, 0.6) is 0 Å². The van der Waals surface area contributed by atoms with Crippen molar-refractivity contribution >= 4 is 88.6 Å². The predicted octanol–water partition coefficient (Wildman–Crippen LogP) is 5.67. The van der Waals surface area contributed by atoms with Crippen molar-refractivity contribution < 1.29 is 4.79 Å². The number of hydrogen-bond acceptors (Lipinski definition) is 1. The van der Waals surface area contributed by atoms with Gasteiger partial charge in [0.2, 0.25) is 0 Å². The number of hydrogen-bond donors (Lipinski definition) is 1. The quantitative estimate of drug-likeness (QED) is 0.439. The highest BCUT2D eigenvalue weighted by Crippen LogP contribution is 2.26. The van der Waals surface area contributed by atoms with E-state index in [1.807, 2.05) is 36.4 Å². The summed E-state index contributed by atoms with van der Waals surface area (Å²) in [6.45, 7) is 0. The van der Waals surface area contributed by atoms with Crippen molar-refractivity contribution in [3.8, 4) is 0 Å². The molecule has 0 aromatic heterocycles. The van der Waals surface area contributed by atoms with Gasteiger partial charge in [-0.1, -0.05) is 15.9 Å². The Labute approximate surface area is 155 Å². The minimum atomic E-state index is -0.118. The zero-order valence-electron chi connectivity index (χ0n) is 9.38. The zero-order chi connectivity index (χ0) is 14.0. The number of nitrogens with one attached hydrogen (secondary N) is 1. The molecule has 6 heteroatoms. The van der Waals surface area contributed by atoms with Gasteiger partial charge in [0.05, 0.1) is 11.3 Å². The molecular weight excluding hydrogens is 600 g/mol. The lowest BCUT2D eigenvalue weighted by molar-refractivity contribution is 0.102. The van der Waals surface area contributed by atoms with Gasteiger partial charge in [0, 0.05) is 16.1 Å². The first-order valence-electron chi connectivity index (χ1n) is 5.19. The Balaban J connectivity index is 2.28. The van der Waals surface area contributed by atoms with E-state index in [-0.39, 0.29) is 5.91 Å². The summed E-state index contributed by atoms with van der Waals surface area (Å²) in [5.41, 5.74) is 1.42. The Morgan fingerprint density at radius 3 is 2.47 bits per heavy atom. The van der Waals surface area contributed by atoms with Gasteiger partial charge in [0.15, 0.2) is 0 Å². The Morgan fingerprint density at radius 1 is 1.05 bits per heavy atom. The highest BCUT2D eigenvalue weighted by Gasteiger charge is 2.12. The molecule has 2 rings (SSSR count). The fourth-order valence-electron chi connectivity index (χ4n) is 1.45. The van der Waals surface area contributed by atoms with E-state index in [0.29, 0.717) is 5.56 Å². The van der Waals surface area contributed by atoms with Crippen LogP contribution in [0.3, 0.4) is 0 Å². The van der Waals surface area contributed by atoms with Crippen molar-refractivity contribution in [3.63, 3.8) is 0 Å². The molecule has 1 amide bonds. The Kier molecular flexibility index (Phi) is 5.67. The van der Waals surface area contributed by atoms with Crippen LogP contribution in [0, 0.1) is 7.14 Å². The molecule has 0 saturated carbocycles. The summed E-state index contributed by atoms with van der Waals surface area (Å²) in [5, 5.41) is 2.91. The van der Waals surface area contributed by atoms with Crippen LogP contribution in [0.4, 0.5) is 5.69 Å². The number of halogens is 4. The molecule has 0 aliphatic rings. The van der Waals surface area contributed by atoms with Crippen molar-refractivity contribution in [2.75, 3.05) is 5.32 Å². The van der Waals surface area contributed by atoms with Gasteiger partial charge in [-0.05, 0) is 97.5 Å². The molecule has 2 aromatic carbocycles. The first-order valence-corrected chi connectivity index (χ1v) is 8.93. The molecule has 0 spiro atoms. The maximum Gasteiger partial charge on any atom is 0.256 e. The van der Waals surface area contributed by atoms with Crippen LogP contribution in [0.1, 0.15) is 10.4 Å². The summed E-state index contributed by atoms with van der Waals surface area (Å²) < 4.78 is 3.79. The minimum Gasteiger partial charge on any atom is -0.321 e. The number of benzene rings is 2. The molecule has 0 atom stereocenters. The number of rotatable bonds is 2. The van der Waals surface area contributed by atoms with Gasteiger partial charge in [-0.15, -0.1) is 0 Å². The fourth-order valence-corrected chi connectivity index (χ4v) is 3.79. The van der Waals surface area contributed by atoms with Crippen molar-refractivity contribution in [1.82, 2.24) is 0 Å². The average Bonchev–Trinajstić information content (AvgIpc) is 2.35. The SMILES string of the molecule is O=C(Nc1ccc(I)cc1Br)c1cc(Br)ccc1I. The fraction of sp³-hybridized carbons (Fsp3) is 0. The van der Waals surface area contributed by atoms with E-state index in [9.17, 15) is 4.79 Å². The van der Waals surface area contributed by atoms with Crippen LogP contribution in [-0.2, 0) is 0 Å². The number of anilines is 1. The molecule has 0 fully saturated rings. The van der Waals surface area contributed by atoms with E-state index < -0.39 is 0 Å². The second-order valence-corrected chi connectivity index (χ2v) is 7.88. The van der Waals surface area contributed by atoms with E-state index in [1.54, 1.807) is 0 Å². The Morgan fingerprint density at radius 2 is 1.79 bits per heavy atom. The molecule has 0 heterocycles. The molecule has 0 saturated heterocycles. The van der Waals surface area contributed by atoms with Gasteiger partial charge < -0.3 is 5.32 Å². The van der Waals surface area contributed by atoms with Crippen LogP contribution in [0.25, 0.3) is 0 Å². The highest BCUT2D eigenvalue weighted by molar-refractivity contribution is 14.1. The molecule has 1 N–H and O–H groups in total. The van der Waals surface area contributed by atoms with Gasteiger partial charge in [-0.2, -0.15) is 0 Å². The summed E-state index contributed by atoms with van der Waals surface area (Å²) >= 11 is 11.2. The van der Waals surface area contributed by atoms with Crippen LogP contribution >= 0.6 is 77.0 Å². The lowest BCUT2D eigenvalue weighted by atomic mass is 10.2. The van der Waals surface area contributed by atoms with Crippen molar-refractivity contribution in [2.45, 2.75) is 0 Å². The van der Waals surface area contributed by atoms with Crippen LogP contribution in [0.15, 0.2) is 45.3 Å². The van der Waals surface area contributed by atoms with Gasteiger partial charge >= 0.3 is 0 Å². The maximum atomic E-state index is 12.3. The lowest BCUT2D eigenvalue weighted by Gasteiger charge is -2.09. The second kappa shape index (κ2) is 6.86. The van der Waals surface area contributed by atoms with Crippen LogP contribution < -0.4 is 5.32 Å². The van der Waals surface area contributed by atoms with Crippen molar-refractivity contribution in [1.29, 1.82) is 0 Å². The van der Waals surface area contributed by atoms with Crippen molar-refractivity contribution in [3.05, 3.63) is 58.0 Å². The summed E-state index contributed by atoms with van der Waals surface area (Å²) in [6.07, 6.45) is 0. The van der Waals surface area contributed by atoms with Crippen LogP contribution in [0.2, 0.25) is 0 Å². The highest BCUT2D eigenvalue weighted by atomic mass is 127. The Hall–Kier alpha value is 0.330. The predicted molar refractivity (Wildman–Crippen MR) is 102 cm³/mol. The molecular formula is C13H7Br2I2NO. The third kappa shape index (κ3) is 4.15. The zero-order valence-corrected chi connectivity index (χ0v) is 16.9. The summed E-state index contributed by atoms with van der Waals surface area (Å²) in [6, 6.07) is 11.4. The van der Waals surface area contributed by atoms with Gasteiger partial charge in [0.25, 0.3) is 5.91 Å². The molecule has 2 aromatic rings. The first kappa shape index (κ1) is 15.7. The van der Waals surface area contributed by atoms with Crippen molar-refractivity contribution in [2.24, 2.45) is 0 Å². The average molecular weight is 607 g/mol. The maximum absolute atomic E-state index is 12.3. The molecule has 0 aliphatic carbocycles.